The van der Waals surface area contributed by atoms with Crippen LogP contribution in [0.25, 0.3) is 0 Å². The van der Waals surface area contributed by atoms with Gasteiger partial charge in [-0.1, -0.05) is 0 Å². The lowest BCUT2D eigenvalue weighted by molar-refractivity contribution is -0.385. The Balaban J connectivity index is 2.71. The summed E-state index contributed by atoms with van der Waals surface area (Å²) in [6.07, 6.45) is -1.25. The van der Waals surface area contributed by atoms with Gasteiger partial charge in [-0.25, -0.2) is 9.18 Å². The first-order valence-electron chi connectivity index (χ1n) is 5.10. The minimum Gasteiger partial charge on any atom is -0.465 e. The van der Waals surface area contributed by atoms with Crippen molar-refractivity contribution in [2.75, 3.05) is 13.1 Å². The summed E-state index contributed by atoms with van der Waals surface area (Å²) >= 11 is 0. The number of hydrogen-bond donors (Lipinski definition) is 3. The molecule has 0 saturated heterocycles. The number of nitrogens with one attached hydrogen (secondary N) is 2. The van der Waals surface area contributed by atoms with Crippen LogP contribution in [0.1, 0.15) is 10.4 Å². The fraction of sp³-hybridized carbons (Fsp3) is 0.200. The Bertz CT molecular complexity index is 520. The number of carbonyl (C=O) groups excluding carboxylic acids is 1. The molecule has 0 aliphatic heterocycles. The summed E-state index contributed by atoms with van der Waals surface area (Å²) < 4.78 is 12.9. The van der Waals surface area contributed by atoms with E-state index in [2.05, 4.69) is 5.32 Å². The van der Waals surface area contributed by atoms with Crippen LogP contribution in [0.15, 0.2) is 18.2 Å². The number of nitrogens with zero attached hydrogens (tertiary/aromatic N) is 1. The van der Waals surface area contributed by atoms with Gasteiger partial charge in [0.1, 0.15) is 11.4 Å². The highest BCUT2D eigenvalue weighted by atomic mass is 19.1. The number of amides is 2. The molecule has 0 heterocycles. The summed E-state index contributed by atoms with van der Waals surface area (Å²) in [5.41, 5.74) is -0.939. The van der Waals surface area contributed by atoms with Gasteiger partial charge in [0, 0.05) is 13.1 Å². The van der Waals surface area contributed by atoms with Gasteiger partial charge in [-0.15, -0.1) is 0 Å². The molecule has 0 aromatic heterocycles. The molecule has 0 bridgehead atoms. The molecule has 1 rings (SSSR count). The van der Waals surface area contributed by atoms with Crippen molar-refractivity contribution in [1.82, 2.24) is 10.6 Å². The Morgan fingerprint density at radius 3 is 2.53 bits per heavy atom. The van der Waals surface area contributed by atoms with E-state index in [1.165, 1.54) is 0 Å². The summed E-state index contributed by atoms with van der Waals surface area (Å²) in [7, 11) is 0. The number of rotatable bonds is 5. The molecule has 19 heavy (non-hydrogen) atoms. The van der Waals surface area contributed by atoms with Crippen LogP contribution in [0.3, 0.4) is 0 Å². The van der Waals surface area contributed by atoms with Crippen molar-refractivity contribution in [3.05, 3.63) is 39.7 Å². The third-order valence-electron chi connectivity index (χ3n) is 2.09. The zero-order valence-electron chi connectivity index (χ0n) is 9.55. The number of hydrogen-bond acceptors (Lipinski definition) is 4. The number of halogens is 1. The summed E-state index contributed by atoms with van der Waals surface area (Å²) in [5.74, 6) is -1.60. The average molecular weight is 271 g/mol. The van der Waals surface area contributed by atoms with Gasteiger partial charge in [-0.05, 0) is 12.1 Å². The van der Waals surface area contributed by atoms with Crippen LogP contribution >= 0.6 is 0 Å². The second-order valence-corrected chi connectivity index (χ2v) is 3.41. The van der Waals surface area contributed by atoms with Gasteiger partial charge in [-0.2, -0.15) is 0 Å². The van der Waals surface area contributed by atoms with Crippen molar-refractivity contribution >= 4 is 17.7 Å². The van der Waals surface area contributed by atoms with Crippen molar-refractivity contribution in [2.45, 2.75) is 0 Å². The molecule has 1 aromatic rings. The minimum absolute atomic E-state index is 0.0420. The molecule has 102 valence electrons. The first-order chi connectivity index (χ1) is 8.91. The third-order valence-corrected chi connectivity index (χ3v) is 2.09. The molecule has 0 radical (unpaired) electrons. The molecule has 0 aliphatic rings. The molecule has 0 aliphatic carbocycles. The zero-order valence-corrected chi connectivity index (χ0v) is 9.55. The van der Waals surface area contributed by atoms with Crippen molar-refractivity contribution < 1.29 is 24.0 Å². The molecule has 0 fully saturated rings. The summed E-state index contributed by atoms with van der Waals surface area (Å²) in [6.45, 7) is -0.0876. The maximum absolute atomic E-state index is 12.9. The smallest absolute Gasteiger partial charge is 0.404 e. The van der Waals surface area contributed by atoms with Gasteiger partial charge in [0.25, 0.3) is 11.6 Å². The quantitative estimate of drug-likeness (QED) is 0.414. The molecule has 0 spiro atoms. The van der Waals surface area contributed by atoms with E-state index in [0.717, 1.165) is 12.1 Å². The van der Waals surface area contributed by atoms with Crippen molar-refractivity contribution in [3.63, 3.8) is 0 Å². The Labute approximate surface area is 106 Å². The van der Waals surface area contributed by atoms with E-state index in [4.69, 9.17) is 5.11 Å². The van der Waals surface area contributed by atoms with E-state index in [1.807, 2.05) is 5.32 Å². The largest absolute Gasteiger partial charge is 0.465 e. The SMILES string of the molecule is O=C(O)NCCNC(=O)c1ccc(F)cc1[N+](=O)[O-]. The number of carboxylic acid groups (broad SMARTS) is 1. The lowest BCUT2D eigenvalue weighted by Crippen LogP contribution is -2.34. The van der Waals surface area contributed by atoms with E-state index < -0.39 is 28.4 Å². The minimum atomic E-state index is -1.25. The maximum Gasteiger partial charge on any atom is 0.404 e. The molecule has 0 unspecified atom stereocenters. The highest BCUT2D eigenvalue weighted by Crippen LogP contribution is 2.19. The first-order valence-corrected chi connectivity index (χ1v) is 5.10. The Hall–Kier alpha value is -2.71. The monoisotopic (exact) mass is 271 g/mol. The number of nitro groups is 1. The lowest BCUT2D eigenvalue weighted by atomic mass is 10.1. The van der Waals surface area contributed by atoms with Gasteiger partial charge in [0.15, 0.2) is 0 Å². The van der Waals surface area contributed by atoms with Crippen molar-refractivity contribution in [3.8, 4) is 0 Å². The predicted molar refractivity (Wildman–Crippen MR) is 61.4 cm³/mol. The summed E-state index contributed by atoms with van der Waals surface area (Å²) in [6, 6.07) is 2.56. The van der Waals surface area contributed by atoms with Crippen molar-refractivity contribution in [2.24, 2.45) is 0 Å². The van der Waals surface area contributed by atoms with Gasteiger partial charge in [0.2, 0.25) is 0 Å². The van der Waals surface area contributed by atoms with Gasteiger partial charge >= 0.3 is 6.09 Å². The molecule has 0 saturated carbocycles. The number of carbonyl (C=O) groups is 2. The molecule has 9 heteroatoms. The third kappa shape index (κ3) is 4.22. The number of benzene rings is 1. The second-order valence-electron chi connectivity index (χ2n) is 3.41. The maximum atomic E-state index is 12.9. The van der Waals surface area contributed by atoms with E-state index in [9.17, 15) is 24.1 Å². The van der Waals surface area contributed by atoms with E-state index in [-0.39, 0.29) is 18.7 Å². The van der Waals surface area contributed by atoms with Crippen LogP contribution in [-0.4, -0.2) is 35.1 Å². The molecular weight excluding hydrogens is 261 g/mol. The van der Waals surface area contributed by atoms with Gasteiger partial charge < -0.3 is 15.7 Å². The first kappa shape index (κ1) is 14.4. The predicted octanol–water partition coefficient (Wildman–Crippen LogP) is 0.731. The van der Waals surface area contributed by atoms with Gasteiger partial charge in [-0.3, -0.25) is 14.9 Å². The lowest BCUT2D eigenvalue weighted by Gasteiger charge is -2.05. The normalized spacial score (nSPS) is 9.74. The highest BCUT2D eigenvalue weighted by Gasteiger charge is 2.20. The van der Waals surface area contributed by atoms with Crippen molar-refractivity contribution in [1.29, 1.82) is 0 Å². The molecule has 2 amide bonds. The van der Waals surface area contributed by atoms with Gasteiger partial charge in [0.05, 0.1) is 11.0 Å². The summed E-state index contributed by atoms with van der Waals surface area (Å²) in [4.78, 5) is 31.6. The standard InChI is InChI=1S/C10H10FN3O5/c11-6-1-2-7(8(5-6)14(18)19)9(15)12-3-4-13-10(16)17/h1-2,5,13H,3-4H2,(H,12,15)(H,16,17). The molecule has 0 atom stereocenters. The average Bonchev–Trinajstić information content (AvgIpc) is 2.33. The Morgan fingerprint density at radius 1 is 1.32 bits per heavy atom. The molecule has 1 aromatic carbocycles. The number of nitro benzene ring substituents is 1. The highest BCUT2D eigenvalue weighted by molar-refractivity contribution is 5.98. The van der Waals surface area contributed by atoms with E-state index in [1.54, 1.807) is 0 Å². The van der Waals surface area contributed by atoms with Crippen LogP contribution in [0, 0.1) is 15.9 Å². The Morgan fingerprint density at radius 2 is 1.95 bits per heavy atom. The topological polar surface area (TPSA) is 122 Å². The van der Waals surface area contributed by atoms with E-state index in [0.29, 0.717) is 6.07 Å². The van der Waals surface area contributed by atoms with Crippen LogP contribution in [0.4, 0.5) is 14.9 Å². The zero-order chi connectivity index (χ0) is 14.4. The fourth-order valence-corrected chi connectivity index (χ4v) is 1.29. The molecule has 8 nitrogen and oxygen atoms in total. The van der Waals surface area contributed by atoms with Crippen LogP contribution < -0.4 is 10.6 Å². The fourth-order valence-electron chi connectivity index (χ4n) is 1.29. The molecule has 3 N–H and O–H groups in total. The van der Waals surface area contributed by atoms with Crippen LogP contribution in [-0.2, 0) is 0 Å². The summed E-state index contributed by atoms with van der Waals surface area (Å²) in [5, 5.41) is 23.2. The van der Waals surface area contributed by atoms with Crippen LogP contribution in [0.5, 0.6) is 0 Å². The molecular formula is C10H10FN3O5. The second kappa shape index (κ2) is 6.28. The van der Waals surface area contributed by atoms with Crippen LogP contribution in [0.2, 0.25) is 0 Å². The Kier molecular flexibility index (Phi) is 4.75. The van der Waals surface area contributed by atoms with E-state index >= 15 is 0 Å².